The lowest BCUT2D eigenvalue weighted by Gasteiger charge is -2.09. The molecule has 5 nitrogen and oxygen atoms in total. The molecule has 0 spiro atoms. The molecule has 0 bridgehead atoms. The quantitative estimate of drug-likeness (QED) is 0.535. The summed E-state index contributed by atoms with van der Waals surface area (Å²) in [7, 11) is 1.50. The van der Waals surface area contributed by atoms with Gasteiger partial charge in [-0.1, -0.05) is 29.8 Å². The minimum atomic E-state index is -0.626. The molecule has 0 amide bonds. The smallest absolute Gasteiger partial charge is 0.364 e. The van der Waals surface area contributed by atoms with Crippen LogP contribution in [0.15, 0.2) is 47.3 Å². The third-order valence-electron chi connectivity index (χ3n) is 3.49. The first kappa shape index (κ1) is 15.2. The Morgan fingerprint density at radius 1 is 1.17 bits per heavy atom. The second-order valence-corrected chi connectivity index (χ2v) is 5.53. The number of ether oxygens (including phenoxy) is 1. The van der Waals surface area contributed by atoms with Crippen molar-refractivity contribution in [3.63, 3.8) is 0 Å². The zero-order valence-electron chi connectivity index (χ0n) is 12.5. The van der Waals surface area contributed by atoms with Crippen LogP contribution in [0.1, 0.15) is 16.1 Å². The molecule has 0 saturated heterocycles. The number of halogens is 1. The van der Waals surface area contributed by atoms with Crippen molar-refractivity contribution in [2.45, 2.75) is 6.92 Å². The van der Waals surface area contributed by atoms with Crippen LogP contribution in [0, 0.1) is 6.92 Å². The van der Waals surface area contributed by atoms with E-state index in [2.05, 4.69) is 5.10 Å². The van der Waals surface area contributed by atoms with Crippen LogP contribution in [0.3, 0.4) is 0 Å². The van der Waals surface area contributed by atoms with Crippen LogP contribution >= 0.6 is 11.6 Å². The van der Waals surface area contributed by atoms with Gasteiger partial charge in [0.25, 0.3) is 5.56 Å². The van der Waals surface area contributed by atoms with E-state index in [1.165, 1.54) is 7.05 Å². The lowest BCUT2D eigenvalue weighted by Crippen LogP contribution is -2.24. The normalized spacial score (nSPS) is 10.7. The number of benzene rings is 2. The van der Waals surface area contributed by atoms with Gasteiger partial charge in [-0.3, -0.25) is 4.79 Å². The summed E-state index contributed by atoms with van der Waals surface area (Å²) in [4.78, 5) is 24.5. The third-order valence-corrected chi connectivity index (χ3v) is 3.91. The van der Waals surface area contributed by atoms with Gasteiger partial charge in [0.2, 0.25) is 0 Å². The topological polar surface area (TPSA) is 61.2 Å². The monoisotopic (exact) mass is 328 g/mol. The number of fused-ring (bicyclic) bond motifs is 1. The molecule has 0 fully saturated rings. The first-order valence-corrected chi connectivity index (χ1v) is 7.29. The number of rotatable bonds is 2. The molecule has 116 valence electrons. The Balaban J connectivity index is 2.06. The van der Waals surface area contributed by atoms with Crippen LogP contribution in [0.5, 0.6) is 5.75 Å². The SMILES string of the molecule is Cc1cc(OC(=O)c2nn(C)c(=O)c3ccccc23)ccc1Cl. The summed E-state index contributed by atoms with van der Waals surface area (Å²) in [5, 5.41) is 5.52. The number of carbonyl (C=O) groups is 1. The minimum absolute atomic E-state index is 0.0929. The predicted octanol–water partition coefficient (Wildman–Crippen LogP) is 3.11. The van der Waals surface area contributed by atoms with Crippen molar-refractivity contribution in [2.24, 2.45) is 7.05 Å². The maximum atomic E-state index is 12.5. The molecule has 0 atom stereocenters. The summed E-state index contributed by atoms with van der Waals surface area (Å²) in [5.74, 6) is -0.254. The van der Waals surface area contributed by atoms with Gasteiger partial charge in [0, 0.05) is 17.5 Å². The molecule has 6 heteroatoms. The van der Waals surface area contributed by atoms with Crippen molar-refractivity contribution in [3.05, 3.63) is 69.1 Å². The van der Waals surface area contributed by atoms with Crippen LogP contribution in [0.2, 0.25) is 5.02 Å². The number of hydrogen-bond acceptors (Lipinski definition) is 4. The highest BCUT2D eigenvalue weighted by molar-refractivity contribution is 6.31. The average molecular weight is 329 g/mol. The first-order valence-electron chi connectivity index (χ1n) is 6.92. The molecular formula is C17H13ClN2O3. The van der Waals surface area contributed by atoms with Crippen molar-refractivity contribution in [3.8, 4) is 5.75 Å². The molecular weight excluding hydrogens is 316 g/mol. The molecule has 0 N–H and O–H groups in total. The number of aromatic nitrogens is 2. The highest BCUT2D eigenvalue weighted by atomic mass is 35.5. The van der Waals surface area contributed by atoms with Gasteiger partial charge in [-0.25, -0.2) is 9.48 Å². The largest absolute Gasteiger partial charge is 0.422 e. The van der Waals surface area contributed by atoms with Crippen LogP contribution in [0.25, 0.3) is 10.8 Å². The van der Waals surface area contributed by atoms with E-state index in [-0.39, 0.29) is 11.3 Å². The predicted molar refractivity (Wildman–Crippen MR) is 88.1 cm³/mol. The zero-order valence-corrected chi connectivity index (χ0v) is 13.3. The van der Waals surface area contributed by atoms with Crippen LogP contribution < -0.4 is 10.3 Å². The fourth-order valence-electron chi connectivity index (χ4n) is 2.29. The van der Waals surface area contributed by atoms with E-state index in [1.807, 2.05) is 6.92 Å². The summed E-state index contributed by atoms with van der Waals surface area (Å²) in [5.41, 5.74) is 0.630. The van der Waals surface area contributed by atoms with Gasteiger partial charge in [0.15, 0.2) is 5.69 Å². The standard InChI is InChI=1S/C17H13ClN2O3/c1-10-9-11(7-8-14(10)18)23-17(22)15-12-5-3-4-6-13(12)16(21)20(2)19-15/h3-9H,1-2H3. The highest BCUT2D eigenvalue weighted by Crippen LogP contribution is 2.22. The number of carbonyl (C=O) groups excluding carboxylic acids is 1. The van der Waals surface area contributed by atoms with E-state index in [0.29, 0.717) is 21.5 Å². The van der Waals surface area contributed by atoms with E-state index in [9.17, 15) is 9.59 Å². The molecule has 3 aromatic rings. The fourth-order valence-corrected chi connectivity index (χ4v) is 2.40. The molecule has 0 saturated carbocycles. The molecule has 2 aromatic carbocycles. The number of aryl methyl sites for hydroxylation is 2. The lowest BCUT2D eigenvalue weighted by molar-refractivity contribution is 0.0728. The van der Waals surface area contributed by atoms with E-state index in [0.717, 1.165) is 10.2 Å². The maximum absolute atomic E-state index is 12.5. The summed E-state index contributed by atoms with van der Waals surface area (Å²) in [6, 6.07) is 11.7. The summed E-state index contributed by atoms with van der Waals surface area (Å²) >= 11 is 5.96. The van der Waals surface area contributed by atoms with Gasteiger partial charge in [-0.05, 0) is 36.8 Å². The molecule has 0 aliphatic heterocycles. The molecule has 0 unspecified atom stereocenters. The fraction of sp³-hybridized carbons (Fsp3) is 0.118. The van der Waals surface area contributed by atoms with Crippen LogP contribution in [-0.2, 0) is 7.05 Å². The molecule has 23 heavy (non-hydrogen) atoms. The van der Waals surface area contributed by atoms with Crippen molar-refractivity contribution >= 4 is 28.3 Å². The molecule has 0 aliphatic carbocycles. The van der Waals surface area contributed by atoms with Crippen molar-refractivity contribution < 1.29 is 9.53 Å². The van der Waals surface area contributed by atoms with Gasteiger partial charge in [0.1, 0.15) is 5.75 Å². The van der Waals surface area contributed by atoms with Crippen LogP contribution in [0.4, 0.5) is 0 Å². The molecule has 1 aromatic heterocycles. The molecule has 0 aliphatic rings. The Bertz CT molecular complexity index is 979. The average Bonchev–Trinajstić information content (AvgIpc) is 2.54. The van der Waals surface area contributed by atoms with E-state index >= 15 is 0 Å². The summed E-state index contributed by atoms with van der Waals surface area (Å²) in [6.07, 6.45) is 0. The van der Waals surface area contributed by atoms with Crippen molar-refractivity contribution in [1.82, 2.24) is 9.78 Å². The van der Waals surface area contributed by atoms with Crippen molar-refractivity contribution in [1.29, 1.82) is 0 Å². The van der Waals surface area contributed by atoms with E-state index < -0.39 is 5.97 Å². The molecule has 0 radical (unpaired) electrons. The second kappa shape index (κ2) is 5.85. The second-order valence-electron chi connectivity index (χ2n) is 5.12. The number of hydrogen-bond donors (Lipinski definition) is 0. The van der Waals surface area contributed by atoms with Gasteiger partial charge >= 0.3 is 5.97 Å². The Kier molecular flexibility index (Phi) is 3.88. The number of esters is 1. The van der Waals surface area contributed by atoms with Gasteiger partial charge in [-0.15, -0.1) is 0 Å². The Hall–Kier alpha value is -2.66. The van der Waals surface area contributed by atoms with Crippen molar-refractivity contribution in [2.75, 3.05) is 0 Å². The van der Waals surface area contributed by atoms with Gasteiger partial charge < -0.3 is 4.74 Å². The number of nitrogens with zero attached hydrogens (tertiary/aromatic N) is 2. The summed E-state index contributed by atoms with van der Waals surface area (Å²) < 4.78 is 6.49. The highest BCUT2D eigenvalue weighted by Gasteiger charge is 2.17. The maximum Gasteiger partial charge on any atom is 0.364 e. The Labute approximate surface area is 137 Å². The zero-order chi connectivity index (χ0) is 16.6. The molecule has 3 rings (SSSR count). The van der Waals surface area contributed by atoms with Gasteiger partial charge in [-0.2, -0.15) is 5.10 Å². The third kappa shape index (κ3) is 2.83. The summed E-state index contributed by atoms with van der Waals surface area (Å²) in [6.45, 7) is 1.82. The minimum Gasteiger partial charge on any atom is -0.422 e. The van der Waals surface area contributed by atoms with E-state index in [1.54, 1.807) is 42.5 Å². The van der Waals surface area contributed by atoms with E-state index in [4.69, 9.17) is 16.3 Å². The first-order chi connectivity index (χ1) is 11.0. The molecule has 1 heterocycles. The van der Waals surface area contributed by atoms with Crippen LogP contribution in [-0.4, -0.2) is 15.7 Å². The van der Waals surface area contributed by atoms with Gasteiger partial charge in [0.05, 0.1) is 5.39 Å². The Morgan fingerprint density at radius 2 is 1.87 bits per heavy atom. The lowest BCUT2D eigenvalue weighted by atomic mass is 10.1. The Morgan fingerprint density at radius 3 is 2.57 bits per heavy atom.